The lowest BCUT2D eigenvalue weighted by molar-refractivity contribution is -0.130. The molecule has 4 heteroatoms. The van der Waals surface area contributed by atoms with Gasteiger partial charge in [-0.15, -0.1) is 12.4 Å². The molecule has 1 fully saturated rings. The Hall–Kier alpha value is -1.22. The van der Waals surface area contributed by atoms with E-state index in [1.807, 2.05) is 29.2 Å². The second-order valence-corrected chi connectivity index (χ2v) is 4.50. The Kier molecular flexibility index (Phi) is 4.82. The van der Waals surface area contributed by atoms with Crippen LogP contribution < -0.4 is 5.73 Å². The number of benzene rings is 1. The Morgan fingerprint density at radius 3 is 2.59 bits per heavy atom. The van der Waals surface area contributed by atoms with Crippen LogP contribution in [0, 0.1) is 0 Å². The van der Waals surface area contributed by atoms with Crippen LogP contribution in [0.25, 0.3) is 0 Å². The van der Waals surface area contributed by atoms with E-state index in [1.54, 1.807) is 0 Å². The molecular formula is C13H19ClN2O. The number of carbonyl (C=O) groups excluding carboxylic acids is 1. The number of hydrogen-bond acceptors (Lipinski definition) is 2. The van der Waals surface area contributed by atoms with Crippen molar-refractivity contribution in [2.45, 2.75) is 32.2 Å². The first-order chi connectivity index (χ1) is 7.66. The third-order valence-corrected chi connectivity index (χ3v) is 3.21. The van der Waals surface area contributed by atoms with Gasteiger partial charge in [0.05, 0.1) is 6.42 Å². The molecule has 0 bridgehead atoms. The predicted molar refractivity (Wildman–Crippen MR) is 72.2 cm³/mol. The molecule has 1 aliphatic rings. The maximum atomic E-state index is 12.0. The average Bonchev–Trinajstić information content (AvgIpc) is 2.68. The quantitative estimate of drug-likeness (QED) is 0.823. The Balaban J connectivity index is 0.00000144. The maximum Gasteiger partial charge on any atom is 0.227 e. The molecule has 1 aromatic rings. The molecule has 1 heterocycles. The molecule has 1 amide bonds. The molecule has 1 saturated heterocycles. The Morgan fingerprint density at radius 2 is 2.06 bits per heavy atom. The van der Waals surface area contributed by atoms with E-state index in [-0.39, 0.29) is 18.3 Å². The summed E-state index contributed by atoms with van der Waals surface area (Å²) in [5.74, 6) is 0.231. The molecule has 2 N–H and O–H groups in total. The summed E-state index contributed by atoms with van der Waals surface area (Å²) in [6.07, 6.45) is 2.76. The highest BCUT2D eigenvalue weighted by Gasteiger charge is 2.24. The van der Waals surface area contributed by atoms with E-state index in [2.05, 4.69) is 6.92 Å². The summed E-state index contributed by atoms with van der Waals surface area (Å²) < 4.78 is 0. The predicted octanol–water partition coefficient (Wildman–Crippen LogP) is 2.24. The zero-order chi connectivity index (χ0) is 11.5. The van der Waals surface area contributed by atoms with E-state index in [4.69, 9.17) is 5.73 Å². The molecule has 3 nitrogen and oxygen atoms in total. The topological polar surface area (TPSA) is 46.3 Å². The fraction of sp³-hybridized carbons (Fsp3) is 0.462. The van der Waals surface area contributed by atoms with Crippen LogP contribution in [-0.4, -0.2) is 23.4 Å². The van der Waals surface area contributed by atoms with Crippen molar-refractivity contribution < 1.29 is 4.79 Å². The molecule has 0 radical (unpaired) electrons. The van der Waals surface area contributed by atoms with Crippen molar-refractivity contribution in [3.63, 3.8) is 0 Å². The van der Waals surface area contributed by atoms with Crippen LogP contribution in [0.4, 0.5) is 5.69 Å². The number of likely N-dealkylation sites (tertiary alicyclic amines) is 1. The summed E-state index contributed by atoms with van der Waals surface area (Å²) in [6, 6.07) is 7.94. The van der Waals surface area contributed by atoms with Crippen molar-refractivity contribution in [1.82, 2.24) is 4.90 Å². The first kappa shape index (κ1) is 13.8. The number of nitrogen functional groups attached to an aromatic ring is 1. The standard InChI is InChI=1S/C13H18N2O.ClH/c1-10-3-2-8-15(10)13(16)9-11-4-6-12(14)7-5-11;/h4-7,10H,2-3,8-9,14H2,1H3;1H. The molecule has 2 rings (SSSR count). The van der Waals surface area contributed by atoms with Gasteiger partial charge < -0.3 is 10.6 Å². The summed E-state index contributed by atoms with van der Waals surface area (Å²) in [5.41, 5.74) is 7.39. The monoisotopic (exact) mass is 254 g/mol. The molecule has 0 aromatic heterocycles. The third kappa shape index (κ3) is 3.37. The fourth-order valence-corrected chi connectivity index (χ4v) is 2.22. The van der Waals surface area contributed by atoms with Gasteiger partial charge in [-0.3, -0.25) is 4.79 Å². The van der Waals surface area contributed by atoms with Crippen molar-refractivity contribution in [3.05, 3.63) is 29.8 Å². The van der Waals surface area contributed by atoms with Gasteiger partial charge in [-0.25, -0.2) is 0 Å². The first-order valence-corrected chi connectivity index (χ1v) is 5.80. The number of halogens is 1. The van der Waals surface area contributed by atoms with Gasteiger partial charge in [-0.05, 0) is 37.5 Å². The number of hydrogen-bond donors (Lipinski definition) is 1. The van der Waals surface area contributed by atoms with Crippen LogP contribution in [0.1, 0.15) is 25.3 Å². The zero-order valence-electron chi connectivity index (χ0n) is 10.1. The van der Waals surface area contributed by atoms with Crippen LogP contribution in [0.3, 0.4) is 0 Å². The van der Waals surface area contributed by atoms with Gasteiger partial charge in [0, 0.05) is 18.3 Å². The highest BCUT2D eigenvalue weighted by Crippen LogP contribution is 2.18. The van der Waals surface area contributed by atoms with Gasteiger partial charge >= 0.3 is 0 Å². The van der Waals surface area contributed by atoms with Crippen molar-refractivity contribution in [2.24, 2.45) is 0 Å². The number of anilines is 1. The zero-order valence-corrected chi connectivity index (χ0v) is 10.9. The molecule has 1 aliphatic heterocycles. The van der Waals surface area contributed by atoms with Crippen LogP contribution in [-0.2, 0) is 11.2 Å². The van der Waals surface area contributed by atoms with Crippen LogP contribution in [0.15, 0.2) is 24.3 Å². The van der Waals surface area contributed by atoms with Crippen molar-refractivity contribution in [2.75, 3.05) is 12.3 Å². The van der Waals surface area contributed by atoms with E-state index in [0.717, 1.165) is 30.6 Å². The van der Waals surface area contributed by atoms with Crippen LogP contribution in [0.2, 0.25) is 0 Å². The molecule has 1 unspecified atom stereocenters. The van der Waals surface area contributed by atoms with Crippen molar-refractivity contribution in [1.29, 1.82) is 0 Å². The van der Waals surface area contributed by atoms with Crippen molar-refractivity contribution >= 4 is 24.0 Å². The van der Waals surface area contributed by atoms with E-state index in [1.165, 1.54) is 0 Å². The van der Waals surface area contributed by atoms with Gasteiger partial charge in [0.15, 0.2) is 0 Å². The number of rotatable bonds is 2. The molecule has 94 valence electrons. The molecule has 17 heavy (non-hydrogen) atoms. The lowest BCUT2D eigenvalue weighted by Gasteiger charge is -2.21. The molecular weight excluding hydrogens is 236 g/mol. The number of nitrogens with zero attached hydrogens (tertiary/aromatic N) is 1. The van der Waals surface area contributed by atoms with Gasteiger partial charge in [0.2, 0.25) is 5.91 Å². The average molecular weight is 255 g/mol. The van der Waals surface area contributed by atoms with Crippen LogP contribution >= 0.6 is 12.4 Å². The summed E-state index contributed by atoms with van der Waals surface area (Å²) in [7, 11) is 0. The molecule has 1 aromatic carbocycles. The summed E-state index contributed by atoms with van der Waals surface area (Å²) in [5, 5.41) is 0. The lowest BCUT2D eigenvalue weighted by atomic mass is 10.1. The smallest absolute Gasteiger partial charge is 0.227 e. The van der Waals surface area contributed by atoms with E-state index in [9.17, 15) is 4.79 Å². The number of carbonyl (C=O) groups is 1. The second-order valence-electron chi connectivity index (χ2n) is 4.50. The number of nitrogens with two attached hydrogens (primary N) is 1. The third-order valence-electron chi connectivity index (χ3n) is 3.21. The second kappa shape index (κ2) is 5.92. The Morgan fingerprint density at radius 1 is 1.41 bits per heavy atom. The minimum Gasteiger partial charge on any atom is -0.399 e. The van der Waals surface area contributed by atoms with Crippen LogP contribution in [0.5, 0.6) is 0 Å². The maximum absolute atomic E-state index is 12.0. The molecule has 1 atom stereocenters. The highest BCUT2D eigenvalue weighted by molar-refractivity contribution is 5.85. The molecule has 0 aliphatic carbocycles. The Bertz CT molecular complexity index is 378. The largest absolute Gasteiger partial charge is 0.399 e. The molecule has 0 saturated carbocycles. The summed E-state index contributed by atoms with van der Waals surface area (Å²) in [4.78, 5) is 14.0. The minimum atomic E-state index is 0. The molecule has 0 spiro atoms. The first-order valence-electron chi connectivity index (χ1n) is 5.80. The lowest BCUT2D eigenvalue weighted by Crippen LogP contribution is -2.34. The van der Waals surface area contributed by atoms with Gasteiger partial charge in [0.25, 0.3) is 0 Å². The normalized spacial score (nSPS) is 18.9. The summed E-state index contributed by atoms with van der Waals surface area (Å²) >= 11 is 0. The van der Waals surface area contributed by atoms with Gasteiger partial charge in [0.1, 0.15) is 0 Å². The number of amides is 1. The van der Waals surface area contributed by atoms with E-state index >= 15 is 0 Å². The van der Waals surface area contributed by atoms with E-state index < -0.39 is 0 Å². The van der Waals surface area contributed by atoms with Crippen molar-refractivity contribution in [3.8, 4) is 0 Å². The van der Waals surface area contributed by atoms with E-state index in [0.29, 0.717) is 12.5 Å². The SMILES string of the molecule is CC1CCCN1C(=O)Cc1ccc(N)cc1.Cl. The summed E-state index contributed by atoms with van der Waals surface area (Å²) in [6.45, 7) is 3.03. The van der Waals surface area contributed by atoms with Gasteiger partial charge in [-0.2, -0.15) is 0 Å². The minimum absolute atomic E-state index is 0. The highest BCUT2D eigenvalue weighted by atomic mass is 35.5. The Labute approximate surface area is 108 Å². The fourth-order valence-electron chi connectivity index (χ4n) is 2.22. The van der Waals surface area contributed by atoms with Gasteiger partial charge in [-0.1, -0.05) is 12.1 Å².